The van der Waals surface area contributed by atoms with E-state index in [9.17, 15) is 18.4 Å². The Morgan fingerprint density at radius 3 is 2.44 bits per heavy atom. The number of anilines is 2. The first kappa shape index (κ1) is 26.4. The normalized spacial score (nSPS) is 13.9. The van der Waals surface area contributed by atoms with Gasteiger partial charge in [0.2, 0.25) is 5.91 Å². The molecule has 0 saturated heterocycles. The molecule has 0 fully saturated rings. The number of carbonyl (C=O) groups is 2. The third-order valence-electron chi connectivity index (χ3n) is 6.74. The summed E-state index contributed by atoms with van der Waals surface area (Å²) in [6.45, 7) is 2.02. The number of hydrogen-bond acceptors (Lipinski definition) is 2. The zero-order chi connectivity index (χ0) is 27.5. The van der Waals surface area contributed by atoms with Crippen LogP contribution in [0.15, 0.2) is 85.1 Å². The standard InChI is InChI=1S/C30H27ClF2N4O2/c1-2-3-16-35(30(39)34-24-15-14-22(32)18-23(24)33)19-28(38)37-26-8-5-4-7-25(26)36-17-6-9-27(36)29(37)20-10-12-21(31)13-11-20/h4-15,17-18,29H,2-3,16,19H2,1H3,(H,34,39). The molecule has 0 spiro atoms. The van der Waals surface area contributed by atoms with E-state index in [2.05, 4.69) is 9.88 Å². The molecular formula is C30H27ClF2N4O2. The van der Waals surface area contributed by atoms with Crippen molar-refractivity contribution in [3.63, 3.8) is 0 Å². The van der Waals surface area contributed by atoms with E-state index < -0.39 is 23.7 Å². The highest BCUT2D eigenvalue weighted by atomic mass is 35.5. The number of aromatic nitrogens is 1. The minimum atomic E-state index is -0.890. The summed E-state index contributed by atoms with van der Waals surface area (Å²) in [6, 6.07) is 20.7. The van der Waals surface area contributed by atoms with Crippen LogP contribution in [0.4, 0.5) is 25.0 Å². The molecule has 0 aliphatic carbocycles. The van der Waals surface area contributed by atoms with Crippen molar-refractivity contribution < 1.29 is 18.4 Å². The van der Waals surface area contributed by atoms with Crippen LogP contribution in [0.3, 0.4) is 0 Å². The summed E-state index contributed by atoms with van der Waals surface area (Å²) in [6.07, 6.45) is 3.39. The number of para-hydroxylation sites is 2. The molecule has 2 heterocycles. The molecule has 5 rings (SSSR count). The van der Waals surface area contributed by atoms with E-state index in [0.717, 1.165) is 35.5 Å². The van der Waals surface area contributed by atoms with Gasteiger partial charge in [0.05, 0.1) is 22.8 Å². The van der Waals surface area contributed by atoms with Crippen molar-refractivity contribution in [1.29, 1.82) is 0 Å². The number of benzene rings is 3. The zero-order valence-electron chi connectivity index (χ0n) is 21.3. The fourth-order valence-electron chi connectivity index (χ4n) is 4.85. The Kier molecular flexibility index (Phi) is 7.65. The number of rotatable bonds is 7. The van der Waals surface area contributed by atoms with Crippen LogP contribution >= 0.6 is 11.6 Å². The first-order valence-corrected chi connectivity index (χ1v) is 13.1. The Balaban J connectivity index is 1.50. The number of urea groups is 1. The monoisotopic (exact) mass is 548 g/mol. The van der Waals surface area contributed by atoms with Gasteiger partial charge in [-0.15, -0.1) is 0 Å². The predicted molar refractivity (Wildman–Crippen MR) is 148 cm³/mol. The highest BCUT2D eigenvalue weighted by Crippen LogP contribution is 2.42. The van der Waals surface area contributed by atoms with Crippen LogP contribution in [0.25, 0.3) is 5.69 Å². The molecule has 3 aromatic carbocycles. The Labute approximate surface area is 230 Å². The van der Waals surface area contributed by atoms with Crippen molar-refractivity contribution in [1.82, 2.24) is 9.47 Å². The van der Waals surface area contributed by atoms with Gasteiger partial charge in [-0.3, -0.25) is 9.69 Å². The molecular weight excluding hydrogens is 522 g/mol. The maximum Gasteiger partial charge on any atom is 0.322 e. The lowest BCUT2D eigenvalue weighted by atomic mass is 9.97. The molecule has 1 aliphatic heterocycles. The molecule has 39 heavy (non-hydrogen) atoms. The van der Waals surface area contributed by atoms with E-state index in [4.69, 9.17) is 11.6 Å². The average Bonchev–Trinajstić information content (AvgIpc) is 3.42. The highest BCUT2D eigenvalue weighted by molar-refractivity contribution is 6.30. The summed E-state index contributed by atoms with van der Waals surface area (Å²) < 4.78 is 29.7. The van der Waals surface area contributed by atoms with Gasteiger partial charge in [0.25, 0.3) is 0 Å². The van der Waals surface area contributed by atoms with Gasteiger partial charge in [-0.25, -0.2) is 13.6 Å². The molecule has 1 atom stereocenters. The maximum atomic E-state index is 14.3. The van der Waals surface area contributed by atoms with Crippen molar-refractivity contribution in [3.05, 3.63) is 113 Å². The second kappa shape index (κ2) is 11.3. The largest absolute Gasteiger partial charge is 0.322 e. The smallest absolute Gasteiger partial charge is 0.316 e. The van der Waals surface area contributed by atoms with E-state index >= 15 is 0 Å². The Morgan fingerprint density at radius 1 is 0.974 bits per heavy atom. The van der Waals surface area contributed by atoms with Gasteiger partial charge in [0, 0.05) is 23.8 Å². The van der Waals surface area contributed by atoms with Crippen molar-refractivity contribution in [2.24, 2.45) is 0 Å². The van der Waals surface area contributed by atoms with Crippen LogP contribution in [-0.4, -0.2) is 34.5 Å². The van der Waals surface area contributed by atoms with E-state index in [1.807, 2.05) is 61.7 Å². The second-order valence-corrected chi connectivity index (χ2v) is 9.78. The molecule has 9 heteroatoms. The van der Waals surface area contributed by atoms with Crippen LogP contribution in [0, 0.1) is 11.6 Å². The van der Waals surface area contributed by atoms with E-state index in [0.29, 0.717) is 23.2 Å². The fourth-order valence-corrected chi connectivity index (χ4v) is 4.97. The molecule has 4 aromatic rings. The van der Waals surface area contributed by atoms with E-state index in [1.165, 1.54) is 4.90 Å². The molecule has 1 aromatic heterocycles. The zero-order valence-corrected chi connectivity index (χ0v) is 22.0. The van der Waals surface area contributed by atoms with Crippen LogP contribution in [0.5, 0.6) is 0 Å². The van der Waals surface area contributed by atoms with Gasteiger partial charge in [-0.1, -0.05) is 49.2 Å². The Bertz CT molecular complexity index is 1510. The summed E-state index contributed by atoms with van der Waals surface area (Å²) in [5.41, 5.74) is 3.14. The molecule has 200 valence electrons. The maximum absolute atomic E-state index is 14.3. The number of nitrogens with one attached hydrogen (secondary N) is 1. The molecule has 3 amide bonds. The van der Waals surface area contributed by atoms with Gasteiger partial charge < -0.3 is 14.8 Å². The average molecular weight is 549 g/mol. The lowest BCUT2D eigenvalue weighted by Crippen LogP contribution is -2.48. The Hall–Kier alpha value is -4.17. The van der Waals surface area contributed by atoms with Crippen LogP contribution in [-0.2, 0) is 4.79 Å². The first-order valence-electron chi connectivity index (χ1n) is 12.7. The van der Waals surface area contributed by atoms with Crippen LogP contribution < -0.4 is 10.2 Å². The van der Waals surface area contributed by atoms with Gasteiger partial charge in [-0.2, -0.15) is 0 Å². The molecule has 0 radical (unpaired) electrons. The topological polar surface area (TPSA) is 57.6 Å². The van der Waals surface area contributed by atoms with E-state index in [-0.39, 0.29) is 24.7 Å². The first-order chi connectivity index (χ1) is 18.9. The molecule has 0 bridgehead atoms. The fraction of sp³-hybridized carbons (Fsp3) is 0.200. The third kappa shape index (κ3) is 5.38. The number of nitrogens with zero attached hydrogens (tertiary/aromatic N) is 3. The number of amides is 3. The number of hydrogen-bond donors (Lipinski definition) is 1. The molecule has 1 unspecified atom stereocenters. The van der Waals surface area contributed by atoms with Gasteiger partial charge >= 0.3 is 6.03 Å². The second-order valence-electron chi connectivity index (χ2n) is 9.34. The molecule has 1 aliphatic rings. The third-order valence-corrected chi connectivity index (χ3v) is 6.99. The number of fused-ring (bicyclic) bond motifs is 3. The van der Waals surface area contributed by atoms with E-state index in [1.54, 1.807) is 17.0 Å². The predicted octanol–water partition coefficient (Wildman–Crippen LogP) is 7.18. The van der Waals surface area contributed by atoms with Crippen LogP contribution in [0.2, 0.25) is 5.02 Å². The van der Waals surface area contributed by atoms with Crippen LogP contribution in [0.1, 0.15) is 37.1 Å². The highest BCUT2D eigenvalue weighted by Gasteiger charge is 2.37. The lowest BCUT2D eigenvalue weighted by molar-refractivity contribution is -0.119. The molecule has 0 saturated carbocycles. The van der Waals surface area contributed by atoms with Gasteiger partial charge in [-0.05, 0) is 60.5 Å². The minimum Gasteiger partial charge on any atom is -0.316 e. The molecule has 6 nitrogen and oxygen atoms in total. The SMILES string of the molecule is CCCCN(CC(=O)N1c2ccccc2-n2cccc2C1c1ccc(Cl)cc1)C(=O)Nc1ccc(F)cc1F. The van der Waals surface area contributed by atoms with Crippen molar-refractivity contribution >= 4 is 34.9 Å². The number of halogens is 3. The number of unbranched alkanes of at least 4 members (excludes halogenated alkanes) is 1. The summed E-state index contributed by atoms with van der Waals surface area (Å²) in [4.78, 5) is 30.4. The summed E-state index contributed by atoms with van der Waals surface area (Å²) >= 11 is 6.16. The molecule has 1 N–H and O–H groups in total. The Morgan fingerprint density at radius 2 is 1.72 bits per heavy atom. The van der Waals surface area contributed by atoms with Gasteiger partial charge in [0.1, 0.15) is 24.2 Å². The number of carbonyl (C=O) groups excluding carboxylic acids is 2. The quantitative estimate of drug-likeness (QED) is 0.266. The van der Waals surface area contributed by atoms with Crippen molar-refractivity contribution in [2.45, 2.75) is 25.8 Å². The summed E-state index contributed by atoms with van der Waals surface area (Å²) in [7, 11) is 0. The minimum absolute atomic E-state index is 0.157. The summed E-state index contributed by atoms with van der Waals surface area (Å²) in [5.74, 6) is -1.94. The summed E-state index contributed by atoms with van der Waals surface area (Å²) in [5, 5.41) is 3.07. The van der Waals surface area contributed by atoms with Crippen molar-refractivity contribution in [2.75, 3.05) is 23.3 Å². The van der Waals surface area contributed by atoms with Gasteiger partial charge in [0.15, 0.2) is 0 Å². The lowest BCUT2D eigenvalue weighted by Gasteiger charge is -2.39. The van der Waals surface area contributed by atoms with Crippen molar-refractivity contribution in [3.8, 4) is 5.69 Å².